The maximum absolute atomic E-state index is 11.9. The quantitative estimate of drug-likeness (QED) is 0.534. The number of esters is 1. The number of hydrogen-bond donors (Lipinski definition) is 2. The average Bonchev–Trinajstić information content (AvgIpc) is 2.68. The Morgan fingerprint density at radius 3 is 2.23 bits per heavy atom. The summed E-state index contributed by atoms with van der Waals surface area (Å²) in [5.74, 6) is 0.370. The molecular formula is C20H24N2O4. The maximum Gasteiger partial charge on any atom is 0.337 e. The van der Waals surface area contributed by atoms with E-state index in [1.807, 2.05) is 24.3 Å². The summed E-state index contributed by atoms with van der Waals surface area (Å²) in [6.45, 7) is 1.40. The fourth-order valence-corrected chi connectivity index (χ4v) is 2.38. The topological polar surface area (TPSA) is 76.7 Å². The highest BCUT2D eigenvalue weighted by Crippen LogP contribution is 2.12. The molecule has 0 heterocycles. The Labute approximate surface area is 153 Å². The van der Waals surface area contributed by atoms with Crippen LogP contribution >= 0.6 is 0 Å². The molecule has 0 radical (unpaired) electrons. The molecule has 26 heavy (non-hydrogen) atoms. The van der Waals surface area contributed by atoms with Crippen LogP contribution in [0.25, 0.3) is 0 Å². The van der Waals surface area contributed by atoms with Crippen molar-refractivity contribution in [2.24, 2.45) is 0 Å². The minimum atomic E-state index is -0.399. The monoisotopic (exact) mass is 356 g/mol. The molecule has 0 aliphatic heterocycles. The minimum Gasteiger partial charge on any atom is -0.497 e. The molecule has 2 N–H and O–H groups in total. The SMILES string of the molecule is COC(=O)c1ccc(NC(=O)CCNCCc2ccc(OC)cc2)cc1. The van der Waals surface area contributed by atoms with Crippen molar-refractivity contribution in [2.75, 3.05) is 32.6 Å². The van der Waals surface area contributed by atoms with Crippen LogP contribution in [0.3, 0.4) is 0 Å². The van der Waals surface area contributed by atoms with E-state index >= 15 is 0 Å². The molecule has 2 rings (SSSR count). The first-order chi connectivity index (χ1) is 12.6. The molecule has 0 saturated carbocycles. The van der Waals surface area contributed by atoms with Gasteiger partial charge in [-0.2, -0.15) is 0 Å². The molecule has 0 aliphatic rings. The molecule has 0 atom stereocenters. The minimum absolute atomic E-state index is 0.0761. The Bertz CT molecular complexity index is 712. The number of nitrogens with one attached hydrogen (secondary N) is 2. The zero-order valence-electron chi connectivity index (χ0n) is 15.1. The largest absolute Gasteiger partial charge is 0.497 e. The van der Waals surface area contributed by atoms with Gasteiger partial charge in [-0.3, -0.25) is 4.79 Å². The van der Waals surface area contributed by atoms with Crippen LogP contribution in [0.2, 0.25) is 0 Å². The van der Waals surface area contributed by atoms with E-state index in [1.165, 1.54) is 12.7 Å². The predicted octanol–water partition coefficient (Wildman–Crippen LogP) is 2.64. The highest BCUT2D eigenvalue weighted by molar-refractivity contribution is 5.93. The lowest BCUT2D eigenvalue weighted by molar-refractivity contribution is -0.116. The van der Waals surface area contributed by atoms with Gasteiger partial charge in [0.05, 0.1) is 19.8 Å². The Hall–Kier alpha value is -2.86. The van der Waals surface area contributed by atoms with Gasteiger partial charge in [-0.25, -0.2) is 4.79 Å². The first-order valence-corrected chi connectivity index (χ1v) is 8.44. The van der Waals surface area contributed by atoms with Crippen molar-refractivity contribution >= 4 is 17.6 Å². The number of amides is 1. The molecule has 6 heteroatoms. The van der Waals surface area contributed by atoms with E-state index in [4.69, 9.17) is 4.74 Å². The number of hydrogen-bond acceptors (Lipinski definition) is 5. The van der Waals surface area contributed by atoms with Crippen LogP contribution in [-0.2, 0) is 16.0 Å². The molecule has 0 aliphatic carbocycles. The summed E-state index contributed by atoms with van der Waals surface area (Å²) in [7, 11) is 2.98. The Balaban J connectivity index is 1.64. The van der Waals surface area contributed by atoms with Crippen LogP contribution in [-0.4, -0.2) is 39.2 Å². The Kier molecular flexibility index (Phi) is 7.64. The van der Waals surface area contributed by atoms with Crippen LogP contribution in [0, 0.1) is 0 Å². The van der Waals surface area contributed by atoms with Crippen molar-refractivity contribution in [3.63, 3.8) is 0 Å². The maximum atomic E-state index is 11.9. The smallest absolute Gasteiger partial charge is 0.337 e. The second kappa shape index (κ2) is 10.2. The highest BCUT2D eigenvalue weighted by Gasteiger charge is 2.06. The Morgan fingerprint density at radius 1 is 0.923 bits per heavy atom. The number of rotatable bonds is 9. The fraction of sp³-hybridized carbons (Fsp3) is 0.300. The Morgan fingerprint density at radius 2 is 1.62 bits per heavy atom. The molecule has 0 saturated heterocycles. The summed E-state index contributed by atoms with van der Waals surface area (Å²) in [5.41, 5.74) is 2.32. The van der Waals surface area contributed by atoms with Crippen LogP contribution in [0.1, 0.15) is 22.3 Å². The van der Waals surface area contributed by atoms with Gasteiger partial charge in [-0.15, -0.1) is 0 Å². The van der Waals surface area contributed by atoms with Crippen LogP contribution in [0.15, 0.2) is 48.5 Å². The lowest BCUT2D eigenvalue weighted by Gasteiger charge is -2.08. The van der Waals surface area contributed by atoms with Crippen LogP contribution in [0.4, 0.5) is 5.69 Å². The van der Waals surface area contributed by atoms with E-state index in [0.29, 0.717) is 24.2 Å². The molecular weight excluding hydrogens is 332 g/mol. The molecule has 0 aromatic heterocycles. The van der Waals surface area contributed by atoms with Gasteiger partial charge in [0, 0.05) is 18.7 Å². The lowest BCUT2D eigenvalue weighted by atomic mass is 10.1. The van der Waals surface area contributed by atoms with Gasteiger partial charge in [-0.05, 0) is 54.9 Å². The highest BCUT2D eigenvalue weighted by atomic mass is 16.5. The third-order valence-electron chi connectivity index (χ3n) is 3.87. The standard InChI is InChI=1S/C20H24N2O4/c1-25-18-9-3-15(4-10-18)11-13-21-14-12-19(23)22-17-7-5-16(6-8-17)20(24)26-2/h3-10,21H,11-14H2,1-2H3,(H,22,23). The fourth-order valence-electron chi connectivity index (χ4n) is 2.38. The van der Waals surface area contributed by atoms with Crippen molar-refractivity contribution < 1.29 is 19.1 Å². The van der Waals surface area contributed by atoms with Gasteiger partial charge in [-0.1, -0.05) is 12.1 Å². The molecule has 1 amide bonds. The summed E-state index contributed by atoms with van der Waals surface area (Å²) >= 11 is 0. The van der Waals surface area contributed by atoms with E-state index in [9.17, 15) is 9.59 Å². The molecule has 0 unspecified atom stereocenters. The average molecular weight is 356 g/mol. The van der Waals surface area contributed by atoms with Gasteiger partial charge in [0.25, 0.3) is 0 Å². The summed E-state index contributed by atoms with van der Waals surface area (Å²) in [4.78, 5) is 23.3. The number of carbonyl (C=O) groups is 2. The second-order valence-electron chi connectivity index (χ2n) is 5.72. The molecule has 0 bridgehead atoms. The zero-order chi connectivity index (χ0) is 18.8. The van der Waals surface area contributed by atoms with Gasteiger partial charge in [0.15, 0.2) is 0 Å². The van der Waals surface area contributed by atoms with Crippen molar-refractivity contribution in [3.8, 4) is 5.75 Å². The number of carbonyl (C=O) groups excluding carboxylic acids is 2. The number of ether oxygens (including phenoxy) is 2. The zero-order valence-corrected chi connectivity index (χ0v) is 15.1. The third kappa shape index (κ3) is 6.22. The summed E-state index contributed by atoms with van der Waals surface area (Å²) in [5, 5.41) is 6.06. The second-order valence-corrected chi connectivity index (χ2v) is 5.72. The normalized spacial score (nSPS) is 10.2. The van der Waals surface area contributed by atoms with Crippen molar-refractivity contribution in [1.29, 1.82) is 0 Å². The predicted molar refractivity (Wildman–Crippen MR) is 101 cm³/mol. The molecule has 6 nitrogen and oxygen atoms in total. The summed E-state index contributed by atoms with van der Waals surface area (Å²) in [6.07, 6.45) is 1.27. The van der Waals surface area contributed by atoms with Crippen LogP contribution < -0.4 is 15.4 Å². The van der Waals surface area contributed by atoms with E-state index in [2.05, 4.69) is 15.4 Å². The van der Waals surface area contributed by atoms with E-state index < -0.39 is 5.97 Å². The van der Waals surface area contributed by atoms with E-state index in [0.717, 1.165) is 18.7 Å². The van der Waals surface area contributed by atoms with Crippen LogP contribution in [0.5, 0.6) is 5.75 Å². The number of methoxy groups -OCH3 is 2. The van der Waals surface area contributed by atoms with Crippen molar-refractivity contribution in [2.45, 2.75) is 12.8 Å². The number of benzene rings is 2. The van der Waals surface area contributed by atoms with E-state index in [-0.39, 0.29) is 5.91 Å². The van der Waals surface area contributed by atoms with Gasteiger partial charge >= 0.3 is 5.97 Å². The summed E-state index contributed by atoms with van der Waals surface area (Å²) in [6, 6.07) is 14.5. The number of anilines is 1. The molecule has 138 valence electrons. The van der Waals surface area contributed by atoms with Gasteiger partial charge < -0.3 is 20.1 Å². The lowest BCUT2D eigenvalue weighted by Crippen LogP contribution is -2.23. The first kappa shape index (κ1) is 19.5. The van der Waals surface area contributed by atoms with Crippen molar-refractivity contribution in [1.82, 2.24) is 5.32 Å². The summed E-state index contributed by atoms with van der Waals surface area (Å²) < 4.78 is 9.76. The third-order valence-corrected chi connectivity index (χ3v) is 3.87. The first-order valence-electron chi connectivity index (χ1n) is 8.44. The molecule has 0 fully saturated rings. The van der Waals surface area contributed by atoms with Crippen molar-refractivity contribution in [3.05, 3.63) is 59.7 Å². The van der Waals surface area contributed by atoms with Gasteiger partial charge in [0.1, 0.15) is 5.75 Å². The molecule has 2 aromatic carbocycles. The molecule has 2 aromatic rings. The van der Waals surface area contributed by atoms with Gasteiger partial charge in [0.2, 0.25) is 5.91 Å². The van der Waals surface area contributed by atoms with E-state index in [1.54, 1.807) is 31.4 Å². The molecule has 0 spiro atoms.